The largest absolute Gasteiger partial charge is 0.416 e. The van der Waals surface area contributed by atoms with Gasteiger partial charge in [0.1, 0.15) is 0 Å². The third-order valence-electron chi connectivity index (χ3n) is 4.70. The van der Waals surface area contributed by atoms with Crippen LogP contribution in [0.4, 0.5) is 24.5 Å². The minimum atomic E-state index is -4.44. The molecule has 1 aliphatic rings. The van der Waals surface area contributed by atoms with Crippen LogP contribution in [0.1, 0.15) is 35.2 Å². The van der Waals surface area contributed by atoms with E-state index in [1.54, 1.807) is 29.2 Å². The maximum Gasteiger partial charge on any atom is 0.416 e. The Labute approximate surface area is 166 Å². The van der Waals surface area contributed by atoms with Crippen molar-refractivity contribution in [2.45, 2.75) is 25.4 Å². The molecule has 2 aromatic carbocycles. The maximum absolute atomic E-state index is 12.9. The molecule has 0 aliphatic carbocycles. The number of para-hydroxylation sites is 1. The van der Waals surface area contributed by atoms with Gasteiger partial charge < -0.3 is 15.5 Å². The van der Waals surface area contributed by atoms with Crippen LogP contribution in [0, 0.1) is 0 Å². The molecule has 1 heterocycles. The first-order valence-electron chi connectivity index (χ1n) is 9.44. The summed E-state index contributed by atoms with van der Waals surface area (Å²) in [4.78, 5) is 25.9. The number of amides is 2. The van der Waals surface area contributed by atoms with E-state index in [0.29, 0.717) is 37.2 Å². The summed E-state index contributed by atoms with van der Waals surface area (Å²) in [5, 5.41) is 5.70. The molecule has 8 heteroatoms. The average Bonchev–Trinajstić information content (AvgIpc) is 3.10. The van der Waals surface area contributed by atoms with Gasteiger partial charge in [-0.2, -0.15) is 13.2 Å². The molecule has 1 saturated heterocycles. The van der Waals surface area contributed by atoms with Gasteiger partial charge in [-0.1, -0.05) is 18.2 Å². The predicted octanol–water partition coefficient (Wildman–Crippen LogP) is 4.19. The van der Waals surface area contributed by atoms with E-state index in [0.717, 1.165) is 25.1 Å². The molecule has 0 saturated carbocycles. The molecule has 154 valence electrons. The Hall–Kier alpha value is -3.03. The number of hydrogen-bond acceptors (Lipinski definition) is 3. The highest BCUT2D eigenvalue weighted by Gasteiger charge is 2.30. The Morgan fingerprint density at radius 2 is 1.90 bits per heavy atom. The van der Waals surface area contributed by atoms with E-state index in [-0.39, 0.29) is 17.5 Å². The van der Waals surface area contributed by atoms with E-state index in [9.17, 15) is 22.8 Å². The summed E-state index contributed by atoms with van der Waals surface area (Å²) in [6.07, 6.45) is -2.34. The van der Waals surface area contributed by atoms with Gasteiger partial charge in [0.05, 0.1) is 16.8 Å². The molecule has 0 spiro atoms. The van der Waals surface area contributed by atoms with Crippen molar-refractivity contribution in [1.29, 1.82) is 0 Å². The second-order valence-electron chi connectivity index (χ2n) is 6.84. The zero-order valence-corrected chi connectivity index (χ0v) is 15.8. The van der Waals surface area contributed by atoms with E-state index < -0.39 is 11.7 Å². The molecule has 3 rings (SSSR count). The summed E-state index contributed by atoms with van der Waals surface area (Å²) in [6, 6.07) is 11.5. The van der Waals surface area contributed by atoms with Crippen LogP contribution in [0.5, 0.6) is 0 Å². The Morgan fingerprint density at radius 1 is 1.10 bits per heavy atom. The lowest BCUT2D eigenvalue weighted by Gasteiger charge is -2.16. The van der Waals surface area contributed by atoms with Crippen molar-refractivity contribution in [2.75, 3.05) is 25.0 Å². The molecular formula is C21H22F3N3O2. The summed E-state index contributed by atoms with van der Waals surface area (Å²) < 4.78 is 38.7. The maximum atomic E-state index is 12.9. The summed E-state index contributed by atoms with van der Waals surface area (Å²) in [5.74, 6) is -0.181. The summed E-state index contributed by atoms with van der Waals surface area (Å²) in [5.41, 5.74) is 0.231. The lowest BCUT2D eigenvalue weighted by atomic mass is 10.1. The number of rotatable bonds is 7. The first-order valence-corrected chi connectivity index (χ1v) is 9.44. The molecule has 1 fully saturated rings. The van der Waals surface area contributed by atoms with E-state index in [1.165, 1.54) is 12.1 Å². The fraction of sp³-hybridized carbons (Fsp3) is 0.333. The Bertz CT molecular complexity index is 883. The number of carbonyl (C=O) groups excluding carboxylic acids is 2. The van der Waals surface area contributed by atoms with Crippen LogP contribution in [0.2, 0.25) is 0 Å². The molecule has 5 nitrogen and oxygen atoms in total. The molecule has 2 aromatic rings. The van der Waals surface area contributed by atoms with Crippen LogP contribution < -0.4 is 10.6 Å². The molecule has 2 amide bonds. The summed E-state index contributed by atoms with van der Waals surface area (Å²) in [6.45, 7) is 1.76. The molecule has 1 aliphatic heterocycles. The fourth-order valence-corrected chi connectivity index (χ4v) is 3.23. The van der Waals surface area contributed by atoms with Crippen molar-refractivity contribution < 1.29 is 22.8 Å². The highest BCUT2D eigenvalue weighted by atomic mass is 19.4. The van der Waals surface area contributed by atoms with Crippen molar-refractivity contribution in [2.24, 2.45) is 0 Å². The van der Waals surface area contributed by atoms with Crippen LogP contribution in [-0.4, -0.2) is 36.3 Å². The van der Waals surface area contributed by atoms with Gasteiger partial charge in [-0.25, -0.2) is 0 Å². The topological polar surface area (TPSA) is 61.4 Å². The van der Waals surface area contributed by atoms with Gasteiger partial charge >= 0.3 is 6.18 Å². The second-order valence-corrected chi connectivity index (χ2v) is 6.84. The number of likely N-dealkylation sites (tertiary alicyclic amines) is 1. The standard InChI is InChI=1S/C21H22F3N3O2/c22-21(23,24)15-6-3-7-16(14-15)26-18-9-2-1-8-17(18)20(29)25-11-5-13-27-12-4-10-19(27)28/h1-3,6-9,14,26H,4-5,10-13H2,(H,25,29). The highest BCUT2D eigenvalue weighted by Crippen LogP contribution is 2.31. The number of carbonyl (C=O) groups is 2. The Balaban J connectivity index is 1.61. The quantitative estimate of drug-likeness (QED) is 0.679. The molecule has 29 heavy (non-hydrogen) atoms. The number of nitrogens with one attached hydrogen (secondary N) is 2. The molecule has 0 atom stereocenters. The van der Waals surface area contributed by atoms with Gasteiger partial charge in [-0.15, -0.1) is 0 Å². The first-order chi connectivity index (χ1) is 13.8. The third kappa shape index (κ3) is 5.49. The van der Waals surface area contributed by atoms with Crippen molar-refractivity contribution in [3.8, 4) is 0 Å². The molecule has 2 N–H and O–H groups in total. The number of nitrogens with zero attached hydrogens (tertiary/aromatic N) is 1. The number of alkyl halides is 3. The number of halogens is 3. The van der Waals surface area contributed by atoms with E-state index in [2.05, 4.69) is 10.6 Å². The minimum Gasteiger partial charge on any atom is -0.355 e. The third-order valence-corrected chi connectivity index (χ3v) is 4.70. The predicted molar refractivity (Wildman–Crippen MR) is 104 cm³/mol. The van der Waals surface area contributed by atoms with Gasteiger partial charge in [0.15, 0.2) is 0 Å². The van der Waals surface area contributed by atoms with Crippen LogP contribution >= 0.6 is 0 Å². The zero-order chi connectivity index (χ0) is 20.9. The fourth-order valence-electron chi connectivity index (χ4n) is 3.23. The minimum absolute atomic E-state index is 0.145. The van der Waals surface area contributed by atoms with Crippen molar-refractivity contribution >= 4 is 23.2 Å². The van der Waals surface area contributed by atoms with Crippen LogP contribution in [-0.2, 0) is 11.0 Å². The van der Waals surface area contributed by atoms with Gasteiger partial charge in [0.2, 0.25) is 5.91 Å². The monoisotopic (exact) mass is 405 g/mol. The molecular weight excluding hydrogens is 383 g/mol. The molecule has 0 radical (unpaired) electrons. The zero-order valence-electron chi connectivity index (χ0n) is 15.8. The van der Waals surface area contributed by atoms with Crippen LogP contribution in [0.3, 0.4) is 0 Å². The normalized spacial score (nSPS) is 14.2. The first kappa shape index (κ1) is 20.7. The van der Waals surface area contributed by atoms with Gasteiger partial charge in [0, 0.05) is 31.7 Å². The van der Waals surface area contributed by atoms with E-state index >= 15 is 0 Å². The summed E-state index contributed by atoms with van der Waals surface area (Å²) in [7, 11) is 0. The number of anilines is 2. The van der Waals surface area contributed by atoms with Gasteiger partial charge in [0.25, 0.3) is 5.91 Å². The Morgan fingerprint density at radius 3 is 2.62 bits per heavy atom. The molecule has 0 bridgehead atoms. The summed E-state index contributed by atoms with van der Waals surface area (Å²) >= 11 is 0. The lowest BCUT2D eigenvalue weighted by molar-refractivity contribution is -0.137. The van der Waals surface area contributed by atoms with Crippen molar-refractivity contribution in [3.63, 3.8) is 0 Å². The van der Waals surface area contributed by atoms with Crippen LogP contribution in [0.25, 0.3) is 0 Å². The average molecular weight is 405 g/mol. The van der Waals surface area contributed by atoms with E-state index in [4.69, 9.17) is 0 Å². The van der Waals surface area contributed by atoms with Crippen molar-refractivity contribution in [3.05, 3.63) is 59.7 Å². The Kier molecular flexibility index (Phi) is 6.41. The lowest BCUT2D eigenvalue weighted by Crippen LogP contribution is -2.30. The second kappa shape index (κ2) is 8.98. The molecule has 0 unspecified atom stereocenters. The van der Waals surface area contributed by atoms with E-state index in [1.807, 2.05) is 0 Å². The van der Waals surface area contributed by atoms with Crippen molar-refractivity contribution in [1.82, 2.24) is 10.2 Å². The number of hydrogen-bond donors (Lipinski definition) is 2. The van der Waals surface area contributed by atoms with Crippen LogP contribution in [0.15, 0.2) is 48.5 Å². The number of benzene rings is 2. The SMILES string of the molecule is O=C(NCCCN1CCCC1=O)c1ccccc1Nc1cccc(C(F)(F)F)c1. The van der Waals surface area contributed by atoms with Gasteiger partial charge in [-0.05, 0) is 43.2 Å². The molecule has 0 aromatic heterocycles. The highest BCUT2D eigenvalue weighted by molar-refractivity contribution is 6.00. The van der Waals surface area contributed by atoms with Gasteiger partial charge in [-0.3, -0.25) is 9.59 Å². The smallest absolute Gasteiger partial charge is 0.355 e.